The molecule has 0 saturated heterocycles. The van der Waals surface area contributed by atoms with E-state index in [1.54, 1.807) is 0 Å². The van der Waals surface area contributed by atoms with E-state index < -0.39 is 0 Å². The number of carbonyl (C=O) groups excluding carboxylic acids is 1. The fraction of sp³-hybridized carbons (Fsp3) is 0.273. The summed E-state index contributed by atoms with van der Waals surface area (Å²) >= 11 is 0. The summed E-state index contributed by atoms with van der Waals surface area (Å²) in [7, 11) is 0. The van der Waals surface area contributed by atoms with Crippen LogP contribution in [0.15, 0.2) is 36.8 Å². The fourth-order valence-corrected chi connectivity index (χ4v) is 3.47. The smallest absolute Gasteiger partial charge is 0.269 e. The average molecular weight is 403 g/mol. The maximum Gasteiger partial charge on any atom is 0.269 e. The molecule has 1 amide bonds. The summed E-state index contributed by atoms with van der Waals surface area (Å²) in [5.74, 6) is 0.367. The number of nitrogens with one attached hydrogen (secondary N) is 4. The van der Waals surface area contributed by atoms with Gasteiger partial charge in [0.05, 0.1) is 11.7 Å². The number of hydrogen-bond acceptors (Lipinski definition) is 5. The Bertz CT molecular complexity index is 1190. The Morgan fingerprint density at radius 1 is 1.13 bits per heavy atom. The van der Waals surface area contributed by atoms with Crippen molar-refractivity contribution in [3.63, 3.8) is 0 Å². The first-order valence-electron chi connectivity index (χ1n) is 10.1. The summed E-state index contributed by atoms with van der Waals surface area (Å²) in [6, 6.07) is 6.16. The third-order valence-electron chi connectivity index (χ3n) is 5.14. The van der Waals surface area contributed by atoms with Crippen molar-refractivity contribution in [2.75, 3.05) is 13.1 Å². The molecule has 3 heterocycles. The van der Waals surface area contributed by atoms with Gasteiger partial charge in [0.15, 0.2) is 5.82 Å². The topological polar surface area (TPSA) is 111 Å². The summed E-state index contributed by atoms with van der Waals surface area (Å²) < 4.78 is 0. The maximum atomic E-state index is 12.1. The molecule has 0 atom stereocenters. The number of amides is 1. The molecule has 154 valence electrons. The molecule has 8 heteroatoms. The highest BCUT2D eigenvalue weighted by molar-refractivity contribution is 5.96. The molecule has 3 aromatic heterocycles. The van der Waals surface area contributed by atoms with Crippen LogP contribution >= 0.6 is 0 Å². The molecule has 0 spiro atoms. The minimum atomic E-state index is -0.184. The van der Waals surface area contributed by atoms with Crippen LogP contribution in [0.3, 0.4) is 0 Å². The first kappa shape index (κ1) is 19.8. The quantitative estimate of drug-likeness (QED) is 0.379. The number of rotatable bonds is 7. The molecule has 0 radical (unpaired) electrons. The molecule has 4 N–H and O–H groups in total. The molecule has 8 nitrogen and oxygen atoms in total. The second-order valence-electron chi connectivity index (χ2n) is 7.09. The molecule has 0 aliphatic rings. The molecule has 0 saturated carbocycles. The largest absolute Gasteiger partial charge is 0.351 e. The fourth-order valence-electron chi connectivity index (χ4n) is 3.47. The highest BCUT2D eigenvalue weighted by Crippen LogP contribution is 2.31. The Hall–Kier alpha value is -3.52. The highest BCUT2D eigenvalue weighted by atomic mass is 16.1. The molecule has 0 aliphatic heterocycles. The van der Waals surface area contributed by atoms with E-state index in [1.165, 1.54) is 17.3 Å². The standard InChI is InChI=1S/C22H25N7O/c1-4-23-9-15-10-24-11-17(13(15)3)14-6-7-18-16(8-14)20(29-28-18)21-26-12-19(27-21)22(30)25-5-2/h6-8,10-12,23H,4-5,9H2,1-3H3,(H,25,30)(H,26,27)(H,28,29). The van der Waals surface area contributed by atoms with Crippen LogP contribution in [0.1, 0.15) is 35.5 Å². The number of imidazole rings is 1. The Kier molecular flexibility index (Phi) is 5.58. The van der Waals surface area contributed by atoms with Gasteiger partial charge in [0.2, 0.25) is 0 Å². The van der Waals surface area contributed by atoms with E-state index in [-0.39, 0.29) is 5.91 Å². The van der Waals surface area contributed by atoms with Crippen molar-refractivity contribution in [1.29, 1.82) is 0 Å². The van der Waals surface area contributed by atoms with Gasteiger partial charge >= 0.3 is 0 Å². The average Bonchev–Trinajstić information content (AvgIpc) is 3.40. The summed E-state index contributed by atoms with van der Waals surface area (Å²) in [4.78, 5) is 23.9. The predicted molar refractivity (Wildman–Crippen MR) is 117 cm³/mol. The van der Waals surface area contributed by atoms with Crippen molar-refractivity contribution in [2.45, 2.75) is 27.3 Å². The Labute approximate surface area is 174 Å². The number of aromatic nitrogens is 5. The molecule has 4 aromatic rings. The second kappa shape index (κ2) is 8.46. The van der Waals surface area contributed by atoms with E-state index >= 15 is 0 Å². The summed E-state index contributed by atoms with van der Waals surface area (Å²) in [6.07, 6.45) is 5.34. The monoisotopic (exact) mass is 403 g/mol. The number of pyridine rings is 1. The molecule has 0 bridgehead atoms. The van der Waals surface area contributed by atoms with E-state index in [0.717, 1.165) is 35.1 Å². The van der Waals surface area contributed by atoms with Crippen molar-refractivity contribution in [3.05, 3.63) is 53.6 Å². The van der Waals surface area contributed by atoms with Gasteiger partial charge < -0.3 is 15.6 Å². The van der Waals surface area contributed by atoms with Crippen LogP contribution in [0.2, 0.25) is 0 Å². The van der Waals surface area contributed by atoms with E-state index in [4.69, 9.17) is 0 Å². The van der Waals surface area contributed by atoms with Gasteiger partial charge in [-0.15, -0.1) is 0 Å². The van der Waals surface area contributed by atoms with Gasteiger partial charge in [-0.25, -0.2) is 4.98 Å². The number of H-pyrrole nitrogens is 2. The van der Waals surface area contributed by atoms with Crippen molar-refractivity contribution in [2.24, 2.45) is 0 Å². The van der Waals surface area contributed by atoms with Gasteiger partial charge in [0.25, 0.3) is 5.91 Å². The van der Waals surface area contributed by atoms with Gasteiger partial charge in [0.1, 0.15) is 11.4 Å². The van der Waals surface area contributed by atoms with Crippen LogP contribution in [0.5, 0.6) is 0 Å². The minimum Gasteiger partial charge on any atom is -0.351 e. The lowest BCUT2D eigenvalue weighted by atomic mass is 9.98. The van der Waals surface area contributed by atoms with Crippen LogP contribution in [-0.2, 0) is 6.54 Å². The van der Waals surface area contributed by atoms with Gasteiger partial charge in [-0.3, -0.25) is 14.9 Å². The first-order chi connectivity index (χ1) is 14.6. The maximum absolute atomic E-state index is 12.1. The number of hydrogen-bond donors (Lipinski definition) is 4. The molecule has 0 fully saturated rings. The normalized spacial score (nSPS) is 11.2. The Balaban J connectivity index is 1.73. The number of nitrogens with zero attached hydrogens (tertiary/aromatic N) is 3. The van der Waals surface area contributed by atoms with Gasteiger partial charge in [-0.2, -0.15) is 5.10 Å². The zero-order valence-electron chi connectivity index (χ0n) is 17.3. The Morgan fingerprint density at radius 3 is 2.80 bits per heavy atom. The molecule has 1 aromatic carbocycles. The van der Waals surface area contributed by atoms with Crippen molar-refractivity contribution >= 4 is 16.8 Å². The van der Waals surface area contributed by atoms with Crippen molar-refractivity contribution in [1.82, 2.24) is 35.8 Å². The van der Waals surface area contributed by atoms with Crippen molar-refractivity contribution in [3.8, 4) is 22.6 Å². The number of carbonyl (C=O) groups is 1. The molecule has 0 unspecified atom stereocenters. The lowest BCUT2D eigenvalue weighted by Crippen LogP contribution is -2.22. The van der Waals surface area contributed by atoms with Gasteiger partial charge in [-0.05, 0) is 49.2 Å². The third-order valence-corrected chi connectivity index (χ3v) is 5.14. The molecule has 4 rings (SSSR count). The van der Waals surface area contributed by atoms with Gasteiger partial charge in [-0.1, -0.05) is 13.0 Å². The van der Waals surface area contributed by atoms with Crippen molar-refractivity contribution < 1.29 is 4.79 Å². The van der Waals surface area contributed by atoms with Crippen LogP contribution in [-0.4, -0.2) is 44.1 Å². The summed E-state index contributed by atoms with van der Waals surface area (Å²) in [5, 5.41) is 14.5. The second-order valence-corrected chi connectivity index (χ2v) is 7.09. The highest BCUT2D eigenvalue weighted by Gasteiger charge is 2.16. The van der Waals surface area contributed by atoms with E-state index in [1.807, 2.05) is 25.4 Å². The lowest BCUT2D eigenvalue weighted by molar-refractivity contribution is 0.0951. The zero-order valence-corrected chi connectivity index (χ0v) is 17.3. The van der Waals surface area contributed by atoms with Crippen LogP contribution in [0.25, 0.3) is 33.5 Å². The summed E-state index contributed by atoms with van der Waals surface area (Å²) in [6.45, 7) is 8.35. The molecular formula is C22H25N7O. The van der Waals surface area contributed by atoms with Crippen LogP contribution in [0, 0.1) is 6.92 Å². The van der Waals surface area contributed by atoms with E-state index in [2.05, 4.69) is 61.8 Å². The summed E-state index contributed by atoms with van der Waals surface area (Å²) in [5.41, 5.74) is 6.52. The van der Waals surface area contributed by atoms with E-state index in [0.29, 0.717) is 23.8 Å². The predicted octanol–water partition coefficient (Wildman–Crippen LogP) is 3.18. The first-order valence-corrected chi connectivity index (χ1v) is 10.1. The number of fused-ring (bicyclic) bond motifs is 1. The lowest BCUT2D eigenvalue weighted by Gasteiger charge is -2.11. The van der Waals surface area contributed by atoms with Crippen LogP contribution in [0.4, 0.5) is 0 Å². The third kappa shape index (κ3) is 3.69. The zero-order chi connectivity index (χ0) is 21.1. The molecular weight excluding hydrogens is 378 g/mol. The Morgan fingerprint density at radius 2 is 2.00 bits per heavy atom. The number of benzene rings is 1. The molecule has 0 aliphatic carbocycles. The number of aromatic amines is 2. The SMILES string of the molecule is CCNCc1cncc(-c2ccc3[nH]nc(-c4ncc(C(=O)NCC)[nH]4)c3c2)c1C. The van der Waals surface area contributed by atoms with Crippen LogP contribution < -0.4 is 10.6 Å². The van der Waals surface area contributed by atoms with E-state index in [9.17, 15) is 4.79 Å². The van der Waals surface area contributed by atoms with Gasteiger partial charge in [0, 0.05) is 36.4 Å². The minimum absolute atomic E-state index is 0.184. The molecule has 30 heavy (non-hydrogen) atoms.